The Bertz CT molecular complexity index is 555. The molecule has 0 saturated heterocycles. The first-order chi connectivity index (χ1) is 11.8. The van der Waals surface area contributed by atoms with Crippen LogP contribution in [-0.4, -0.2) is 14.4 Å². The third-order valence-corrected chi connectivity index (χ3v) is 10.9. The minimum atomic E-state index is -1.75. The summed E-state index contributed by atoms with van der Waals surface area (Å²) in [7, 11) is -1.75. The van der Waals surface area contributed by atoms with Gasteiger partial charge >= 0.3 is 0 Å². The average Bonchev–Trinajstić information content (AvgIpc) is 2.49. The van der Waals surface area contributed by atoms with E-state index >= 15 is 0 Å². The standard InChI is InChI=1S/C24H44OSi/c1-11-12-13-14-19(2)15-16-21-20(3)22(17-18-24(21,7)8)25-26(9,10)23(4,5)6/h14-16,22H,11-13,17-18H2,1-10H3/b16-15+,19-14+. The molecular weight excluding hydrogens is 332 g/mol. The maximum absolute atomic E-state index is 6.80. The molecule has 0 aromatic rings. The van der Waals surface area contributed by atoms with Crippen LogP contribution in [0.1, 0.15) is 87.5 Å². The van der Waals surface area contributed by atoms with E-state index in [4.69, 9.17) is 4.43 Å². The van der Waals surface area contributed by atoms with Crippen molar-refractivity contribution < 1.29 is 4.43 Å². The van der Waals surface area contributed by atoms with Gasteiger partial charge in [-0.1, -0.05) is 78.2 Å². The highest BCUT2D eigenvalue weighted by atomic mass is 28.4. The van der Waals surface area contributed by atoms with Gasteiger partial charge in [-0.25, -0.2) is 0 Å². The first kappa shape index (κ1) is 23.4. The van der Waals surface area contributed by atoms with E-state index in [1.54, 1.807) is 0 Å². The van der Waals surface area contributed by atoms with Gasteiger partial charge in [0, 0.05) is 0 Å². The first-order valence-corrected chi connectivity index (χ1v) is 13.5. The summed E-state index contributed by atoms with van der Waals surface area (Å²) in [5.41, 5.74) is 4.54. The molecule has 0 aliphatic heterocycles. The highest BCUT2D eigenvalue weighted by molar-refractivity contribution is 6.74. The molecule has 26 heavy (non-hydrogen) atoms. The summed E-state index contributed by atoms with van der Waals surface area (Å²) in [5, 5.41) is 0.259. The monoisotopic (exact) mass is 376 g/mol. The van der Waals surface area contributed by atoms with Gasteiger partial charge in [-0.2, -0.15) is 0 Å². The molecule has 1 atom stereocenters. The molecule has 0 radical (unpaired) electrons. The Morgan fingerprint density at radius 2 is 1.88 bits per heavy atom. The normalized spacial score (nSPS) is 22.4. The summed E-state index contributed by atoms with van der Waals surface area (Å²) in [5.74, 6) is 0. The smallest absolute Gasteiger partial charge is 0.192 e. The van der Waals surface area contributed by atoms with Gasteiger partial charge in [-0.3, -0.25) is 0 Å². The van der Waals surface area contributed by atoms with Crippen LogP contribution < -0.4 is 0 Å². The first-order valence-electron chi connectivity index (χ1n) is 10.6. The highest BCUT2D eigenvalue weighted by Gasteiger charge is 2.41. The van der Waals surface area contributed by atoms with Crippen molar-refractivity contribution in [1.82, 2.24) is 0 Å². The third kappa shape index (κ3) is 6.23. The zero-order valence-corrected chi connectivity index (χ0v) is 20.3. The van der Waals surface area contributed by atoms with Crippen molar-refractivity contribution in [3.63, 3.8) is 0 Å². The highest BCUT2D eigenvalue weighted by Crippen LogP contribution is 2.45. The topological polar surface area (TPSA) is 9.23 Å². The number of hydrogen-bond acceptors (Lipinski definition) is 1. The number of unbranched alkanes of at least 4 members (excludes halogenated alkanes) is 2. The molecule has 0 aromatic carbocycles. The van der Waals surface area contributed by atoms with E-state index in [2.05, 4.69) is 86.7 Å². The van der Waals surface area contributed by atoms with Crippen LogP contribution in [0.4, 0.5) is 0 Å². The maximum Gasteiger partial charge on any atom is 0.192 e. The van der Waals surface area contributed by atoms with Crippen molar-refractivity contribution in [2.24, 2.45) is 5.41 Å². The fourth-order valence-corrected chi connectivity index (χ4v) is 4.76. The Kier molecular flexibility index (Phi) is 8.17. The summed E-state index contributed by atoms with van der Waals surface area (Å²) in [4.78, 5) is 0. The van der Waals surface area contributed by atoms with E-state index < -0.39 is 8.32 Å². The molecule has 0 bridgehead atoms. The lowest BCUT2D eigenvalue weighted by Crippen LogP contribution is -2.45. The summed E-state index contributed by atoms with van der Waals surface area (Å²) >= 11 is 0. The van der Waals surface area contributed by atoms with E-state index in [1.807, 2.05) is 0 Å². The molecule has 0 amide bonds. The van der Waals surface area contributed by atoms with Crippen LogP contribution in [-0.2, 0) is 4.43 Å². The molecule has 0 heterocycles. The van der Waals surface area contributed by atoms with Gasteiger partial charge in [-0.15, -0.1) is 0 Å². The zero-order valence-electron chi connectivity index (χ0n) is 19.3. The number of allylic oxidation sites excluding steroid dienone is 5. The molecular formula is C24H44OSi. The Morgan fingerprint density at radius 1 is 1.27 bits per heavy atom. The van der Waals surface area contributed by atoms with Gasteiger partial charge < -0.3 is 4.43 Å². The zero-order chi connectivity index (χ0) is 20.2. The molecule has 1 aliphatic carbocycles. The third-order valence-electron chi connectivity index (χ3n) is 6.45. The van der Waals surface area contributed by atoms with Crippen LogP contribution in [0.15, 0.2) is 34.9 Å². The van der Waals surface area contributed by atoms with Crippen molar-refractivity contribution >= 4 is 8.32 Å². The van der Waals surface area contributed by atoms with Gasteiger partial charge in [0.25, 0.3) is 0 Å². The van der Waals surface area contributed by atoms with Crippen molar-refractivity contribution in [2.45, 2.75) is 112 Å². The molecule has 1 nitrogen and oxygen atoms in total. The Hall–Kier alpha value is -0.603. The lowest BCUT2D eigenvalue weighted by Gasteiger charge is -2.44. The van der Waals surface area contributed by atoms with Crippen LogP contribution in [0.5, 0.6) is 0 Å². The fraction of sp³-hybridized carbons (Fsp3) is 0.750. The molecule has 1 rings (SSSR count). The van der Waals surface area contributed by atoms with Crippen molar-refractivity contribution in [2.75, 3.05) is 0 Å². The summed E-state index contributed by atoms with van der Waals surface area (Å²) in [6, 6.07) is 0. The van der Waals surface area contributed by atoms with Crippen LogP contribution in [0, 0.1) is 5.41 Å². The van der Waals surface area contributed by atoms with Crippen LogP contribution >= 0.6 is 0 Å². The van der Waals surface area contributed by atoms with Gasteiger partial charge in [0.2, 0.25) is 0 Å². The van der Waals surface area contributed by atoms with E-state index in [0.717, 1.165) is 6.42 Å². The molecule has 0 fully saturated rings. The summed E-state index contributed by atoms with van der Waals surface area (Å²) in [6.07, 6.45) is 13.4. The van der Waals surface area contributed by atoms with Gasteiger partial charge in [0.05, 0.1) is 6.10 Å². The predicted octanol–water partition coefficient (Wildman–Crippen LogP) is 8.21. The van der Waals surface area contributed by atoms with Gasteiger partial charge in [-0.05, 0) is 67.8 Å². The van der Waals surface area contributed by atoms with Crippen LogP contribution in [0.25, 0.3) is 0 Å². The van der Waals surface area contributed by atoms with Crippen molar-refractivity contribution in [3.05, 3.63) is 34.9 Å². The molecule has 0 N–H and O–H groups in total. The second kappa shape index (κ2) is 9.06. The number of rotatable bonds is 7. The molecule has 1 unspecified atom stereocenters. The van der Waals surface area contributed by atoms with Gasteiger partial charge in [0.1, 0.15) is 0 Å². The maximum atomic E-state index is 6.80. The predicted molar refractivity (Wildman–Crippen MR) is 120 cm³/mol. The Balaban J connectivity index is 3.07. The lowest BCUT2D eigenvalue weighted by atomic mass is 9.71. The molecule has 2 heteroatoms. The van der Waals surface area contributed by atoms with Crippen molar-refractivity contribution in [3.8, 4) is 0 Å². The van der Waals surface area contributed by atoms with Gasteiger partial charge in [0.15, 0.2) is 8.32 Å². The van der Waals surface area contributed by atoms with E-state index in [1.165, 1.54) is 42.4 Å². The quantitative estimate of drug-likeness (QED) is 0.247. The average molecular weight is 377 g/mol. The van der Waals surface area contributed by atoms with Crippen LogP contribution in [0.3, 0.4) is 0 Å². The number of hydrogen-bond donors (Lipinski definition) is 0. The molecule has 0 aromatic heterocycles. The van der Waals surface area contributed by atoms with Crippen LogP contribution in [0.2, 0.25) is 18.1 Å². The van der Waals surface area contributed by atoms with E-state index in [0.29, 0.717) is 0 Å². The van der Waals surface area contributed by atoms with Crippen molar-refractivity contribution in [1.29, 1.82) is 0 Å². The Morgan fingerprint density at radius 3 is 2.42 bits per heavy atom. The minimum absolute atomic E-state index is 0.234. The summed E-state index contributed by atoms with van der Waals surface area (Å²) < 4.78 is 6.80. The molecule has 0 saturated carbocycles. The molecule has 0 spiro atoms. The second-order valence-corrected chi connectivity index (χ2v) is 15.1. The van der Waals surface area contributed by atoms with E-state index in [-0.39, 0.29) is 16.6 Å². The van der Waals surface area contributed by atoms with E-state index in [9.17, 15) is 0 Å². The fourth-order valence-electron chi connectivity index (χ4n) is 3.40. The lowest BCUT2D eigenvalue weighted by molar-refractivity contribution is 0.168. The molecule has 1 aliphatic rings. The summed E-state index contributed by atoms with van der Waals surface area (Å²) in [6.45, 7) is 23.3. The minimum Gasteiger partial charge on any atom is -0.410 e. The largest absolute Gasteiger partial charge is 0.410 e. The SMILES string of the molecule is CCCC/C=C(C)/C=C/C1=C(C)C(O[Si](C)(C)C(C)(C)C)CCC1(C)C. The molecule has 150 valence electrons. The Labute approximate surface area is 165 Å². The second-order valence-electron chi connectivity index (χ2n) is 10.3.